The van der Waals surface area contributed by atoms with Crippen molar-refractivity contribution in [2.45, 2.75) is 6.04 Å². The van der Waals surface area contributed by atoms with Gasteiger partial charge in [-0.05, 0) is 42.5 Å². The first-order valence-corrected chi connectivity index (χ1v) is 10.7. The van der Waals surface area contributed by atoms with E-state index in [0.717, 1.165) is 10.9 Å². The zero-order chi connectivity index (χ0) is 24.0. The summed E-state index contributed by atoms with van der Waals surface area (Å²) in [5.41, 5.74) is 1.69. The van der Waals surface area contributed by atoms with Crippen LogP contribution in [-0.4, -0.2) is 28.9 Å². The number of nitrogens with one attached hydrogen (secondary N) is 1. The molecule has 1 amide bonds. The van der Waals surface area contributed by atoms with Crippen LogP contribution < -0.4 is 9.64 Å². The standard InChI is InChI=1S/C26H18ClFN2O4/c1-34-21-10-9-14(11-19(21)27)24(31)22-23(18-13-29-20-8-3-2-7-17(18)20)30(26(33)25(22)32)16-6-4-5-15(28)12-16/h2-13,23,29,31H,1H3/b24-22+. The molecule has 1 aliphatic rings. The number of ketones is 1. The van der Waals surface area contributed by atoms with Crippen molar-refractivity contribution in [3.05, 3.63) is 100 Å². The van der Waals surface area contributed by atoms with Crippen molar-refractivity contribution in [2.75, 3.05) is 12.0 Å². The predicted octanol–water partition coefficient (Wildman–Crippen LogP) is 5.60. The molecule has 0 saturated carbocycles. The summed E-state index contributed by atoms with van der Waals surface area (Å²) >= 11 is 6.23. The lowest BCUT2D eigenvalue weighted by Gasteiger charge is -2.25. The molecule has 1 unspecified atom stereocenters. The normalized spacial score (nSPS) is 17.5. The van der Waals surface area contributed by atoms with Gasteiger partial charge < -0.3 is 14.8 Å². The van der Waals surface area contributed by atoms with Crippen molar-refractivity contribution in [2.24, 2.45) is 0 Å². The largest absolute Gasteiger partial charge is 0.507 e. The molecule has 1 fully saturated rings. The number of aromatic nitrogens is 1. The Morgan fingerprint density at radius 1 is 1.09 bits per heavy atom. The van der Waals surface area contributed by atoms with Gasteiger partial charge in [-0.25, -0.2) is 4.39 Å². The Kier molecular flexibility index (Phi) is 5.34. The van der Waals surface area contributed by atoms with Crippen LogP contribution in [0.3, 0.4) is 0 Å². The second-order valence-electron chi connectivity index (χ2n) is 7.79. The maximum Gasteiger partial charge on any atom is 0.300 e. The lowest BCUT2D eigenvalue weighted by molar-refractivity contribution is -0.132. The van der Waals surface area contributed by atoms with Crippen LogP contribution in [0.4, 0.5) is 10.1 Å². The molecular formula is C26H18ClFN2O4. The van der Waals surface area contributed by atoms with Gasteiger partial charge in [-0.15, -0.1) is 0 Å². The molecule has 0 radical (unpaired) electrons. The number of anilines is 1. The number of fused-ring (bicyclic) bond motifs is 1. The Balaban J connectivity index is 1.77. The van der Waals surface area contributed by atoms with Crippen LogP contribution in [0.15, 0.2) is 78.5 Å². The van der Waals surface area contributed by atoms with Gasteiger partial charge in [-0.3, -0.25) is 14.5 Å². The molecule has 1 aromatic heterocycles. The first-order chi connectivity index (χ1) is 16.4. The van der Waals surface area contributed by atoms with E-state index in [0.29, 0.717) is 11.3 Å². The average Bonchev–Trinajstić information content (AvgIpc) is 3.37. The van der Waals surface area contributed by atoms with Crippen LogP contribution in [0, 0.1) is 5.82 Å². The van der Waals surface area contributed by atoms with Gasteiger partial charge in [-0.2, -0.15) is 0 Å². The summed E-state index contributed by atoms with van der Waals surface area (Å²) in [6.45, 7) is 0. The quantitative estimate of drug-likeness (QED) is 0.228. The Hall–Kier alpha value is -4.10. The zero-order valence-corrected chi connectivity index (χ0v) is 18.6. The topological polar surface area (TPSA) is 82.6 Å². The highest BCUT2D eigenvalue weighted by atomic mass is 35.5. The van der Waals surface area contributed by atoms with E-state index in [9.17, 15) is 19.1 Å². The van der Waals surface area contributed by atoms with E-state index in [2.05, 4.69) is 4.98 Å². The Bertz CT molecular complexity index is 1490. The van der Waals surface area contributed by atoms with Gasteiger partial charge >= 0.3 is 0 Å². The number of aliphatic hydroxyl groups is 1. The second kappa shape index (κ2) is 8.35. The number of hydrogen-bond acceptors (Lipinski definition) is 4. The SMILES string of the molecule is COc1ccc(/C(O)=C2\C(=O)C(=O)N(c3cccc(F)c3)C2c2c[nH]c3ccccc23)cc1Cl. The van der Waals surface area contributed by atoms with Gasteiger partial charge in [0.1, 0.15) is 17.3 Å². The fraction of sp³-hybridized carbons (Fsp3) is 0.0769. The van der Waals surface area contributed by atoms with Crippen LogP contribution in [0.2, 0.25) is 5.02 Å². The van der Waals surface area contributed by atoms with Crippen LogP contribution in [0.25, 0.3) is 16.7 Å². The molecule has 1 saturated heterocycles. The molecule has 8 heteroatoms. The van der Waals surface area contributed by atoms with Gasteiger partial charge in [0.15, 0.2) is 0 Å². The highest BCUT2D eigenvalue weighted by Crippen LogP contribution is 2.44. The van der Waals surface area contributed by atoms with E-state index in [4.69, 9.17) is 16.3 Å². The van der Waals surface area contributed by atoms with Crippen molar-refractivity contribution in [1.82, 2.24) is 4.98 Å². The van der Waals surface area contributed by atoms with E-state index in [1.54, 1.807) is 24.4 Å². The Morgan fingerprint density at radius 3 is 2.62 bits per heavy atom. The minimum absolute atomic E-state index is 0.125. The minimum atomic E-state index is -1.00. The molecule has 0 aliphatic carbocycles. The molecule has 2 N–H and O–H groups in total. The number of halogens is 2. The van der Waals surface area contributed by atoms with E-state index >= 15 is 0 Å². The lowest BCUT2D eigenvalue weighted by Crippen LogP contribution is -2.29. The summed E-state index contributed by atoms with van der Waals surface area (Å²) in [5.74, 6) is -2.31. The summed E-state index contributed by atoms with van der Waals surface area (Å²) in [5, 5.41) is 12.2. The van der Waals surface area contributed by atoms with Crippen LogP contribution in [0.5, 0.6) is 5.75 Å². The summed E-state index contributed by atoms with van der Waals surface area (Å²) in [4.78, 5) is 30.8. The molecule has 3 aromatic carbocycles. The van der Waals surface area contributed by atoms with Crippen LogP contribution in [-0.2, 0) is 9.59 Å². The maximum atomic E-state index is 14.1. The molecule has 1 aliphatic heterocycles. The molecule has 4 aromatic rings. The Morgan fingerprint density at radius 2 is 1.88 bits per heavy atom. The van der Waals surface area contributed by atoms with Gasteiger partial charge in [-0.1, -0.05) is 35.9 Å². The number of carbonyl (C=O) groups is 2. The summed E-state index contributed by atoms with van der Waals surface area (Å²) in [6.07, 6.45) is 1.68. The van der Waals surface area contributed by atoms with Crippen LogP contribution >= 0.6 is 11.6 Å². The fourth-order valence-electron chi connectivity index (χ4n) is 4.31. The van der Waals surface area contributed by atoms with Crippen molar-refractivity contribution < 1.29 is 23.8 Å². The number of hydrogen-bond donors (Lipinski definition) is 2. The van der Waals surface area contributed by atoms with E-state index in [1.165, 1.54) is 36.3 Å². The number of methoxy groups -OCH3 is 1. The monoisotopic (exact) mass is 476 g/mol. The highest BCUT2D eigenvalue weighted by molar-refractivity contribution is 6.52. The number of carbonyl (C=O) groups excluding carboxylic acids is 2. The summed E-state index contributed by atoms with van der Waals surface area (Å²) < 4.78 is 19.2. The van der Waals surface area contributed by atoms with E-state index in [-0.39, 0.29) is 21.8 Å². The summed E-state index contributed by atoms with van der Waals surface area (Å²) in [7, 11) is 1.46. The molecular weight excluding hydrogens is 459 g/mol. The van der Waals surface area contributed by atoms with E-state index < -0.39 is 29.3 Å². The number of aromatic amines is 1. The number of H-pyrrole nitrogens is 1. The predicted molar refractivity (Wildman–Crippen MR) is 127 cm³/mol. The number of nitrogens with zero attached hydrogens (tertiary/aromatic N) is 1. The molecule has 0 spiro atoms. The molecule has 6 nitrogen and oxygen atoms in total. The first-order valence-electron chi connectivity index (χ1n) is 10.4. The molecule has 1 atom stereocenters. The van der Waals surface area contributed by atoms with E-state index in [1.807, 2.05) is 24.3 Å². The van der Waals surface area contributed by atoms with Gasteiger partial charge in [0.2, 0.25) is 0 Å². The van der Waals surface area contributed by atoms with Crippen molar-refractivity contribution in [3.8, 4) is 5.75 Å². The molecule has 170 valence electrons. The van der Waals surface area contributed by atoms with Gasteiger partial charge in [0, 0.05) is 33.9 Å². The van der Waals surface area contributed by atoms with Crippen molar-refractivity contribution in [1.29, 1.82) is 0 Å². The number of benzene rings is 3. The lowest BCUT2D eigenvalue weighted by atomic mass is 9.94. The minimum Gasteiger partial charge on any atom is -0.507 e. The summed E-state index contributed by atoms with van der Waals surface area (Å²) in [6, 6.07) is 16.4. The van der Waals surface area contributed by atoms with Crippen molar-refractivity contribution in [3.63, 3.8) is 0 Å². The van der Waals surface area contributed by atoms with Crippen molar-refractivity contribution >= 4 is 45.6 Å². The average molecular weight is 477 g/mol. The van der Waals surface area contributed by atoms with Crippen LogP contribution in [0.1, 0.15) is 17.2 Å². The Labute approximate surface area is 198 Å². The highest BCUT2D eigenvalue weighted by Gasteiger charge is 2.47. The zero-order valence-electron chi connectivity index (χ0n) is 17.9. The first kappa shape index (κ1) is 21.7. The third-order valence-electron chi connectivity index (χ3n) is 5.87. The maximum absolute atomic E-state index is 14.1. The number of rotatable bonds is 4. The number of Topliss-reactive ketones (excluding diaryl/α,β-unsaturated/α-hetero) is 1. The number of ether oxygens (including phenoxy) is 1. The molecule has 34 heavy (non-hydrogen) atoms. The number of para-hydroxylation sites is 1. The molecule has 5 rings (SSSR count). The van der Waals surface area contributed by atoms with Gasteiger partial charge in [0.05, 0.1) is 23.7 Å². The third-order valence-corrected chi connectivity index (χ3v) is 6.17. The fourth-order valence-corrected chi connectivity index (χ4v) is 4.57. The molecule has 2 heterocycles. The third kappa shape index (κ3) is 3.41. The smallest absolute Gasteiger partial charge is 0.300 e. The van der Waals surface area contributed by atoms with Gasteiger partial charge in [0.25, 0.3) is 11.7 Å². The second-order valence-corrected chi connectivity index (χ2v) is 8.20. The molecule has 0 bridgehead atoms. The number of aliphatic hydroxyl groups excluding tert-OH is 1. The number of amides is 1.